The number of ether oxygens (including phenoxy) is 1. The molecule has 1 N–H and O–H groups in total. The molecule has 2 aliphatic heterocycles. The Balaban J connectivity index is 1.92. The summed E-state index contributed by atoms with van der Waals surface area (Å²) in [4.78, 5) is 25.5. The summed E-state index contributed by atoms with van der Waals surface area (Å²) in [6, 6.07) is 5.84. The SMILES string of the molecule is O=C(O)C1(F)CCN(C(=O)C2(c3cccc(F)c3)CCOCC2)C1. The van der Waals surface area contributed by atoms with Crippen molar-refractivity contribution < 1.29 is 28.2 Å². The maximum atomic E-state index is 14.3. The smallest absolute Gasteiger partial charge is 0.343 e. The number of benzene rings is 1. The molecule has 24 heavy (non-hydrogen) atoms. The first kappa shape index (κ1) is 16.8. The number of hydrogen-bond donors (Lipinski definition) is 1. The van der Waals surface area contributed by atoms with Gasteiger partial charge < -0.3 is 14.7 Å². The Kier molecular flexibility index (Phi) is 4.29. The van der Waals surface area contributed by atoms with Gasteiger partial charge in [0.25, 0.3) is 0 Å². The lowest BCUT2D eigenvalue weighted by molar-refractivity contribution is -0.151. The van der Waals surface area contributed by atoms with E-state index in [-0.39, 0.29) is 18.9 Å². The fraction of sp³-hybridized carbons (Fsp3) is 0.529. The van der Waals surface area contributed by atoms with Crippen molar-refractivity contribution in [1.29, 1.82) is 0 Å². The fourth-order valence-electron chi connectivity index (χ4n) is 3.56. The Morgan fingerprint density at radius 2 is 1.92 bits per heavy atom. The maximum absolute atomic E-state index is 14.3. The molecule has 1 aromatic carbocycles. The van der Waals surface area contributed by atoms with Gasteiger partial charge in [-0.2, -0.15) is 0 Å². The summed E-state index contributed by atoms with van der Waals surface area (Å²) in [7, 11) is 0. The zero-order chi connectivity index (χ0) is 17.4. The second kappa shape index (κ2) is 6.12. The van der Waals surface area contributed by atoms with Gasteiger partial charge in [0.15, 0.2) is 0 Å². The second-order valence-corrected chi connectivity index (χ2v) is 6.45. The first-order chi connectivity index (χ1) is 11.4. The largest absolute Gasteiger partial charge is 0.479 e. The predicted octanol–water partition coefficient (Wildman–Crippen LogP) is 1.90. The van der Waals surface area contributed by atoms with Crippen molar-refractivity contribution in [2.75, 3.05) is 26.3 Å². The number of nitrogens with zero attached hydrogens (tertiary/aromatic N) is 1. The van der Waals surface area contributed by atoms with Crippen molar-refractivity contribution in [1.82, 2.24) is 4.90 Å². The Labute approximate surface area is 138 Å². The predicted molar refractivity (Wildman–Crippen MR) is 80.8 cm³/mol. The molecule has 3 rings (SSSR count). The first-order valence-electron chi connectivity index (χ1n) is 7.93. The number of likely N-dealkylation sites (tertiary alicyclic amines) is 1. The molecule has 0 radical (unpaired) electrons. The average molecular weight is 339 g/mol. The number of carbonyl (C=O) groups is 2. The minimum Gasteiger partial charge on any atom is -0.479 e. The van der Waals surface area contributed by atoms with Gasteiger partial charge in [-0.05, 0) is 30.5 Å². The summed E-state index contributed by atoms with van der Waals surface area (Å²) in [6.07, 6.45) is 0.486. The first-order valence-corrected chi connectivity index (χ1v) is 7.93. The molecule has 2 fully saturated rings. The molecule has 0 spiro atoms. The van der Waals surface area contributed by atoms with Crippen molar-refractivity contribution in [3.63, 3.8) is 0 Å². The monoisotopic (exact) mass is 339 g/mol. The van der Waals surface area contributed by atoms with Gasteiger partial charge in [-0.1, -0.05) is 12.1 Å². The molecule has 1 unspecified atom stereocenters. The van der Waals surface area contributed by atoms with Gasteiger partial charge in [-0.25, -0.2) is 13.6 Å². The van der Waals surface area contributed by atoms with E-state index >= 15 is 0 Å². The highest BCUT2D eigenvalue weighted by Gasteiger charge is 2.51. The van der Waals surface area contributed by atoms with Crippen molar-refractivity contribution in [3.05, 3.63) is 35.6 Å². The van der Waals surface area contributed by atoms with E-state index in [1.165, 1.54) is 23.1 Å². The van der Waals surface area contributed by atoms with Gasteiger partial charge in [0.1, 0.15) is 5.82 Å². The van der Waals surface area contributed by atoms with E-state index in [0.29, 0.717) is 31.6 Å². The highest BCUT2D eigenvalue weighted by Crippen LogP contribution is 2.39. The fourth-order valence-corrected chi connectivity index (χ4v) is 3.56. The van der Waals surface area contributed by atoms with Crippen LogP contribution in [0.1, 0.15) is 24.8 Å². The molecular weight excluding hydrogens is 320 g/mol. The van der Waals surface area contributed by atoms with Crippen LogP contribution in [0.15, 0.2) is 24.3 Å². The van der Waals surface area contributed by atoms with Crippen molar-refractivity contribution in [2.24, 2.45) is 0 Å². The normalized spacial score (nSPS) is 26.3. The van der Waals surface area contributed by atoms with Gasteiger partial charge in [-0.3, -0.25) is 4.79 Å². The van der Waals surface area contributed by atoms with Crippen LogP contribution in [0, 0.1) is 5.82 Å². The Bertz CT molecular complexity index is 660. The van der Waals surface area contributed by atoms with Crippen LogP contribution >= 0.6 is 0 Å². The van der Waals surface area contributed by atoms with Crippen LogP contribution in [-0.4, -0.2) is 53.9 Å². The molecule has 130 valence electrons. The van der Waals surface area contributed by atoms with Crippen LogP contribution in [0.2, 0.25) is 0 Å². The second-order valence-electron chi connectivity index (χ2n) is 6.45. The third-order valence-corrected chi connectivity index (χ3v) is 5.02. The van der Waals surface area contributed by atoms with Crippen molar-refractivity contribution in [3.8, 4) is 0 Å². The van der Waals surface area contributed by atoms with Crippen LogP contribution in [0.3, 0.4) is 0 Å². The summed E-state index contributed by atoms with van der Waals surface area (Å²) < 4.78 is 33.3. The van der Waals surface area contributed by atoms with Crippen LogP contribution in [0.25, 0.3) is 0 Å². The van der Waals surface area contributed by atoms with E-state index in [2.05, 4.69) is 0 Å². The molecular formula is C17H19F2NO4. The summed E-state index contributed by atoms with van der Waals surface area (Å²) >= 11 is 0. The molecule has 0 aromatic heterocycles. The molecule has 0 aliphatic carbocycles. The molecule has 2 aliphatic rings. The molecule has 1 atom stereocenters. The van der Waals surface area contributed by atoms with Gasteiger partial charge >= 0.3 is 5.97 Å². The van der Waals surface area contributed by atoms with Crippen LogP contribution in [0.4, 0.5) is 8.78 Å². The van der Waals surface area contributed by atoms with Crippen LogP contribution in [-0.2, 0) is 19.7 Å². The van der Waals surface area contributed by atoms with Gasteiger partial charge in [0, 0.05) is 26.2 Å². The Hall–Kier alpha value is -2.02. The number of carbonyl (C=O) groups excluding carboxylic acids is 1. The molecule has 1 aromatic rings. The molecule has 2 heterocycles. The number of aliphatic carboxylic acids is 1. The average Bonchev–Trinajstić information content (AvgIpc) is 2.98. The molecule has 1 amide bonds. The summed E-state index contributed by atoms with van der Waals surface area (Å²) in [5.74, 6) is -2.35. The minimum atomic E-state index is -2.41. The van der Waals surface area contributed by atoms with E-state index in [0.717, 1.165) is 0 Å². The third kappa shape index (κ3) is 2.77. The zero-order valence-electron chi connectivity index (χ0n) is 13.1. The summed E-state index contributed by atoms with van der Waals surface area (Å²) in [6.45, 7) is 0.254. The standard InChI is InChI=1S/C17H19F2NO4/c18-13-3-1-2-12(10-13)16(5-8-24-9-6-16)14(21)20-7-4-17(19,11-20)15(22)23/h1-3,10H,4-9,11H2,(H,22,23). The number of carboxylic acids is 1. The number of alkyl halides is 1. The summed E-state index contributed by atoms with van der Waals surface area (Å²) in [5, 5.41) is 9.02. The number of rotatable bonds is 3. The quantitative estimate of drug-likeness (QED) is 0.913. The number of carboxylic acid groups (broad SMARTS) is 1. The molecule has 2 saturated heterocycles. The van der Waals surface area contributed by atoms with E-state index in [9.17, 15) is 18.4 Å². The molecule has 0 saturated carbocycles. The van der Waals surface area contributed by atoms with Gasteiger partial charge in [0.2, 0.25) is 11.6 Å². The number of halogens is 2. The van der Waals surface area contributed by atoms with E-state index in [4.69, 9.17) is 9.84 Å². The van der Waals surface area contributed by atoms with E-state index < -0.39 is 29.4 Å². The Morgan fingerprint density at radius 3 is 2.50 bits per heavy atom. The van der Waals surface area contributed by atoms with Crippen molar-refractivity contribution >= 4 is 11.9 Å². The van der Waals surface area contributed by atoms with Crippen LogP contribution < -0.4 is 0 Å². The number of amides is 1. The zero-order valence-corrected chi connectivity index (χ0v) is 13.1. The highest BCUT2D eigenvalue weighted by molar-refractivity contribution is 5.90. The molecule has 7 heteroatoms. The topological polar surface area (TPSA) is 66.8 Å². The van der Waals surface area contributed by atoms with Crippen LogP contribution in [0.5, 0.6) is 0 Å². The third-order valence-electron chi connectivity index (χ3n) is 5.02. The van der Waals surface area contributed by atoms with E-state index in [1.54, 1.807) is 6.07 Å². The highest BCUT2D eigenvalue weighted by atomic mass is 19.1. The van der Waals surface area contributed by atoms with E-state index in [1.807, 2.05) is 0 Å². The maximum Gasteiger partial charge on any atom is 0.343 e. The van der Waals surface area contributed by atoms with Crippen molar-refractivity contribution in [2.45, 2.75) is 30.3 Å². The lowest BCUT2D eigenvalue weighted by Gasteiger charge is -2.39. The summed E-state index contributed by atoms with van der Waals surface area (Å²) in [5.41, 5.74) is -2.88. The number of hydrogen-bond acceptors (Lipinski definition) is 3. The van der Waals surface area contributed by atoms with Gasteiger partial charge in [0.05, 0.1) is 12.0 Å². The lowest BCUT2D eigenvalue weighted by atomic mass is 9.73. The minimum absolute atomic E-state index is 0.0412. The molecule has 0 bridgehead atoms. The molecule has 5 nitrogen and oxygen atoms in total. The lowest BCUT2D eigenvalue weighted by Crippen LogP contribution is -2.50. The van der Waals surface area contributed by atoms with Gasteiger partial charge in [-0.15, -0.1) is 0 Å². The Morgan fingerprint density at radius 1 is 1.21 bits per heavy atom.